The number of hydrogen-bond acceptors (Lipinski definition) is 3. The molecule has 0 radical (unpaired) electrons. The predicted molar refractivity (Wildman–Crippen MR) is 80.7 cm³/mol. The van der Waals surface area contributed by atoms with E-state index >= 15 is 0 Å². The average Bonchev–Trinajstić information content (AvgIpc) is 2.97. The number of aromatic carboxylic acids is 1. The van der Waals surface area contributed by atoms with Gasteiger partial charge in [0.05, 0.1) is 18.1 Å². The number of carbonyl (C=O) groups excluding carboxylic acids is 1. The van der Waals surface area contributed by atoms with Gasteiger partial charge in [0.1, 0.15) is 0 Å². The smallest absolute Gasteiger partial charge is 0.335 e. The summed E-state index contributed by atoms with van der Waals surface area (Å²) in [6, 6.07) is 6.83. The van der Waals surface area contributed by atoms with Crippen molar-refractivity contribution in [1.29, 1.82) is 0 Å². The Hall–Kier alpha value is -1.88. The van der Waals surface area contributed by atoms with Crippen LogP contribution in [0.3, 0.4) is 0 Å². The van der Waals surface area contributed by atoms with Crippen molar-refractivity contribution < 1.29 is 19.4 Å². The van der Waals surface area contributed by atoms with Crippen LogP contribution in [0.4, 0.5) is 0 Å². The van der Waals surface area contributed by atoms with E-state index in [0.29, 0.717) is 11.5 Å². The van der Waals surface area contributed by atoms with Crippen LogP contribution in [-0.4, -0.2) is 35.7 Å². The maximum absolute atomic E-state index is 12.3. The third kappa shape index (κ3) is 3.14. The van der Waals surface area contributed by atoms with Crippen molar-refractivity contribution in [3.05, 3.63) is 35.4 Å². The summed E-state index contributed by atoms with van der Waals surface area (Å²) in [5.41, 5.74) is 0.755. The van der Waals surface area contributed by atoms with E-state index in [1.54, 1.807) is 18.2 Å². The first-order valence-electron chi connectivity index (χ1n) is 7.87. The summed E-state index contributed by atoms with van der Waals surface area (Å²) >= 11 is 0. The fourth-order valence-electron chi connectivity index (χ4n) is 3.67. The third-order valence-electron chi connectivity index (χ3n) is 4.73. The van der Waals surface area contributed by atoms with Gasteiger partial charge in [-0.15, -0.1) is 0 Å². The zero-order chi connectivity index (χ0) is 15.5. The van der Waals surface area contributed by atoms with E-state index in [1.807, 2.05) is 0 Å². The summed E-state index contributed by atoms with van der Waals surface area (Å²) < 4.78 is 5.71. The minimum atomic E-state index is -0.995. The van der Waals surface area contributed by atoms with Crippen molar-refractivity contribution in [3.63, 3.8) is 0 Å². The van der Waals surface area contributed by atoms with Crippen LogP contribution in [0.5, 0.6) is 0 Å². The zero-order valence-corrected chi connectivity index (χ0v) is 12.5. The highest BCUT2D eigenvalue weighted by Gasteiger charge is 2.38. The Morgan fingerprint density at radius 1 is 1.23 bits per heavy atom. The molecule has 0 bridgehead atoms. The summed E-state index contributed by atoms with van der Waals surface area (Å²) in [6.45, 7) is 0.781. The first kappa shape index (κ1) is 15.0. The number of ether oxygens (including phenoxy) is 1. The van der Waals surface area contributed by atoms with Gasteiger partial charge in [-0.3, -0.25) is 4.79 Å². The van der Waals surface area contributed by atoms with Crippen LogP contribution < -0.4 is 5.32 Å². The summed E-state index contributed by atoms with van der Waals surface area (Å²) in [7, 11) is 0. The molecular formula is C17H21NO4. The van der Waals surface area contributed by atoms with Gasteiger partial charge >= 0.3 is 5.97 Å². The van der Waals surface area contributed by atoms with Gasteiger partial charge in [0, 0.05) is 18.6 Å². The predicted octanol–water partition coefficient (Wildman–Crippen LogP) is 2.00. The van der Waals surface area contributed by atoms with Crippen LogP contribution >= 0.6 is 0 Å². The second-order valence-electron chi connectivity index (χ2n) is 6.11. The molecule has 3 rings (SSSR count). The molecule has 2 fully saturated rings. The summed E-state index contributed by atoms with van der Waals surface area (Å²) in [4.78, 5) is 23.5. The monoisotopic (exact) mass is 303 g/mol. The highest BCUT2D eigenvalue weighted by atomic mass is 16.5. The van der Waals surface area contributed by atoms with Gasteiger partial charge in [-0.05, 0) is 37.3 Å². The van der Waals surface area contributed by atoms with Gasteiger partial charge in [-0.2, -0.15) is 0 Å². The number of amides is 1. The Bertz CT molecular complexity index is 572. The highest BCUT2D eigenvalue weighted by Crippen LogP contribution is 2.34. The first-order valence-corrected chi connectivity index (χ1v) is 7.87. The van der Waals surface area contributed by atoms with E-state index < -0.39 is 5.97 Å². The van der Waals surface area contributed by atoms with Gasteiger partial charge in [-0.1, -0.05) is 18.2 Å². The van der Waals surface area contributed by atoms with Crippen LogP contribution in [0.1, 0.15) is 41.6 Å². The zero-order valence-electron chi connectivity index (χ0n) is 12.5. The largest absolute Gasteiger partial charge is 0.478 e. The van der Waals surface area contributed by atoms with Gasteiger partial charge in [0.2, 0.25) is 5.91 Å². The maximum atomic E-state index is 12.3. The van der Waals surface area contributed by atoms with Crippen LogP contribution in [0.2, 0.25) is 0 Å². The van der Waals surface area contributed by atoms with Gasteiger partial charge in [0.15, 0.2) is 0 Å². The Morgan fingerprint density at radius 2 is 2.05 bits per heavy atom. The lowest BCUT2D eigenvalue weighted by Crippen LogP contribution is -2.46. The SMILES string of the molecule is O=C(Cc1ccccc1C(=O)O)NC1CCCC2OCCC12. The van der Waals surface area contributed by atoms with E-state index in [4.69, 9.17) is 4.74 Å². The number of carbonyl (C=O) groups is 2. The van der Waals surface area contributed by atoms with Crippen molar-refractivity contribution in [2.24, 2.45) is 5.92 Å². The standard InChI is InChI=1S/C17H21NO4/c19-16(10-11-4-1-2-5-12(11)17(20)21)18-14-6-3-7-15-13(14)8-9-22-15/h1-2,4-5,13-15H,3,6-10H2,(H,18,19)(H,20,21). The minimum absolute atomic E-state index is 0.105. The molecule has 2 aliphatic rings. The molecule has 1 aliphatic carbocycles. The molecule has 1 saturated heterocycles. The van der Waals surface area contributed by atoms with Crippen molar-refractivity contribution in [2.45, 2.75) is 44.2 Å². The van der Waals surface area contributed by atoms with Crippen molar-refractivity contribution >= 4 is 11.9 Å². The number of benzene rings is 1. The minimum Gasteiger partial charge on any atom is -0.478 e. The molecule has 3 atom stereocenters. The van der Waals surface area contributed by atoms with Gasteiger partial charge in [0.25, 0.3) is 0 Å². The molecule has 3 unspecified atom stereocenters. The molecule has 0 aromatic heterocycles. The number of fused-ring (bicyclic) bond motifs is 1. The van der Waals surface area contributed by atoms with E-state index in [9.17, 15) is 14.7 Å². The van der Waals surface area contributed by atoms with Crippen LogP contribution in [-0.2, 0) is 16.0 Å². The van der Waals surface area contributed by atoms with E-state index in [0.717, 1.165) is 32.3 Å². The highest BCUT2D eigenvalue weighted by molar-refractivity contribution is 5.91. The van der Waals surface area contributed by atoms with Gasteiger partial charge < -0.3 is 15.2 Å². The molecule has 5 nitrogen and oxygen atoms in total. The number of carboxylic acid groups (broad SMARTS) is 1. The molecule has 22 heavy (non-hydrogen) atoms. The third-order valence-corrected chi connectivity index (χ3v) is 4.73. The van der Waals surface area contributed by atoms with Crippen molar-refractivity contribution in [1.82, 2.24) is 5.32 Å². The molecule has 1 aliphatic heterocycles. The second kappa shape index (κ2) is 6.48. The van der Waals surface area contributed by atoms with E-state index in [2.05, 4.69) is 5.32 Å². The fourth-order valence-corrected chi connectivity index (χ4v) is 3.67. The lowest BCUT2D eigenvalue weighted by atomic mass is 9.81. The number of rotatable bonds is 4. The Kier molecular flexibility index (Phi) is 4.43. The number of carboxylic acids is 1. The molecular weight excluding hydrogens is 282 g/mol. The molecule has 1 aromatic rings. The number of hydrogen-bond donors (Lipinski definition) is 2. The molecule has 1 aromatic carbocycles. The van der Waals surface area contributed by atoms with Crippen molar-refractivity contribution in [3.8, 4) is 0 Å². The summed E-state index contributed by atoms with van der Waals surface area (Å²) in [5, 5.41) is 12.3. The molecule has 0 spiro atoms. The first-order chi connectivity index (χ1) is 10.6. The second-order valence-corrected chi connectivity index (χ2v) is 6.11. The van der Waals surface area contributed by atoms with E-state index in [-0.39, 0.29) is 30.0 Å². The topological polar surface area (TPSA) is 75.6 Å². The van der Waals surface area contributed by atoms with E-state index in [1.165, 1.54) is 6.07 Å². The molecule has 1 amide bonds. The fraction of sp³-hybridized carbons (Fsp3) is 0.529. The maximum Gasteiger partial charge on any atom is 0.335 e. The van der Waals surface area contributed by atoms with Crippen molar-refractivity contribution in [2.75, 3.05) is 6.61 Å². The molecule has 118 valence electrons. The van der Waals surface area contributed by atoms with Crippen LogP contribution in [0, 0.1) is 5.92 Å². The lowest BCUT2D eigenvalue weighted by molar-refractivity contribution is -0.122. The molecule has 2 N–H and O–H groups in total. The molecule has 1 saturated carbocycles. The Labute approximate surface area is 129 Å². The average molecular weight is 303 g/mol. The van der Waals surface area contributed by atoms with Crippen LogP contribution in [0.25, 0.3) is 0 Å². The molecule has 5 heteroatoms. The van der Waals surface area contributed by atoms with Crippen LogP contribution in [0.15, 0.2) is 24.3 Å². The summed E-state index contributed by atoms with van der Waals surface area (Å²) in [6.07, 6.45) is 4.52. The Balaban J connectivity index is 1.64. The lowest BCUT2D eigenvalue weighted by Gasteiger charge is -2.33. The summed E-state index contributed by atoms with van der Waals surface area (Å²) in [5.74, 6) is -0.691. The molecule has 1 heterocycles. The Morgan fingerprint density at radius 3 is 2.86 bits per heavy atom. The van der Waals surface area contributed by atoms with Gasteiger partial charge in [-0.25, -0.2) is 4.79 Å². The number of nitrogens with one attached hydrogen (secondary N) is 1. The quantitative estimate of drug-likeness (QED) is 0.892. The normalized spacial score (nSPS) is 27.2.